The molecule has 7 heteroatoms. The minimum atomic E-state index is 0.0524. The molecule has 0 bridgehead atoms. The summed E-state index contributed by atoms with van der Waals surface area (Å²) in [7, 11) is 0. The van der Waals surface area contributed by atoms with Crippen LogP contribution >= 0.6 is 11.8 Å². The molecule has 0 aliphatic rings. The third-order valence-electron chi connectivity index (χ3n) is 2.93. The van der Waals surface area contributed by atoms with Crippen LogP contribution in [-0.4, -0.2) is 34.5 Å². The molecule has 1 aromatic heterocycles. The topological polar surface area (TPSA) is 87.3 Å². The number of benzene rings is 1. The van der Waals surface area contributed by atoms with Gasteiger partial charge in [0.05, 0.1) is 6.61 Å². The molecule has 0 fully saturated rings. The summed E-state index contributed by atoms with van der Waals surface area (Å²) in [5.74, 6) is 6.74. The van der Waals surface area contributed by atoms with Crippen molar-refractivity contribution in [1.29, 1.82) is 0 Å². The average molecular weight is 305 g/mol. The zero-order valence-electron chi connectivity index (χ0n) is 11.9. The summed E-state index contributed by atoms with van der Waals surface area (Å²) in [5.41, 5.74) is 3.70. The van der Waals surface area contributed by atoms with Crippen molar-refractivity contribution in [2.75, 3.05) is 29.7 Å². The van der Waals surface area contributed by atoms with Gasteiger partial charge in [0.1, 0.15) is 11.6 Å². The number of nitrogens with two attached hydrogens (primary N) is 1. The maximum atomic E-state index is 9.30. The highest BCUT2D eigenvalue weighted by Gasteiger charge is 2.11. The summed E-state index contributed by atoms with van der Waals surface area (Å²) >= 11 is 1.45. The van der Waals surface area contributed by atoms with Gasteiger partial charge in [-0.15, -0.1) is 0 Å². The Morgan fingerprint density at radius 3 is 2.67 bits per heavy atom. The second-order valence-electron chi connectivity index (χ2n) is 4.37. The Bertz CT molecular complexity index is 544. The highest BCUT2D eigenvalue weighted by molar-refractivity contribution is 7.98. The van der Waals surface area contributed by atoms with Crippen molar-refractivity contribution in [3.05, 3.63) is 42.0 Å². The van der Waals surface area contributed by atoms with Gasteiger partial charge in [0, 0.05) is 19.2 Å². The van der Waals surface area contributed by atoms with Crippen molar-refractivity contribution in [1.82, 2.24) is 9.97 Å². The molecule has 0 aliphatic heterocycles. The van der Waals surface area contributed by atoms with E-state index < -0.39 is 0 Å². The average Bonchev–Trinajstić information content (AvgIpc) is 2.55. The zero-order chi connectivity index (χ0) is 15.1. The van der Waals surface area contributed by atoms with Crippen molar-refractivity contribution in [3.8, 4) is 0 Å². The van der Waals surface area contributed by atoms with Crippen molar-refractivity contribution in [3.63, 3.8) is 0 Å². The monoisotopic (exact) mass is 305 g/mol. The fourth-order valence-electron chi connectivity index (χ4n) is 1.94. The van der Waals surface area contributed by atoms with Crippen LogP contribution in [0.2, 0.25) is 0 Å². The van der Waals surface area contributed by atoms with Gasteiger partial charge in [-0.25, -0.2) is 15.8 Å². The molecule has 2 aromatic rings. The highest BCUT2D eigenvalue weighted by Crippen LogP contribution is 2.21. The molecule has 2 rings (SSSR count). The van der Waals surface area contributed by atoms with E-state index in [2.05, 4.69) is 15.4 Å². The number of aromatic nitrogens is 2. The normalized spacial score (nSPS) is 10.4. The quantitative estimate of drug-likeness (QED) is 0.309. The van der Waals surface area contributed by atoms with Crippen LogP contribution in [0.1, 0.15) is 5.56 Å². The van der Waals surface area contributed by atoms with Gasteiger partial charge in [-0.2, -0.15) is 0 Å². The third kappa shape index (κ3) is 4.32. The summed E-state index contributed by atoms with van der Waals surface area (Å²) < 4.78 is 0. The number of aliphatic hydroxyl groups excluding tert-OH is 1. The lowest BCUT2D eigenvalue weighted by Gasteiger charge is -2.23. The van der Waals surface area contributed by atoms with E-state index in [1.807, 2.05) is 41.5 Å². The Hall–Kier alpha value is -1.83. The molecule has 6 nitrogen and oxygen atoms in total. The van der Waals surface area contributed by atoms with Crippen molar-refractivity contribution >= 4 is 23.4 Å². The van der Waals surface area contributed by atoms with E-state index in [1.54, 1.807) is 6.07 Å². The number of nitrogen functional groups attached to an aromatic ring is 1. The van der Waals surface area contributed by atoms with E-state index in [1.165, 1.54) is 11.8 Å². The van der Waals surface area contributed by atoms with Crippen LogP contribution in [0.15, 0.2) is 41.6 Å². The van der Waals surface area contributed by atoms with Crippen LogP contribution in [0, 0.1) is 0 Å². The summed E-state index contributed by atoms with van der Waals surface area (Å²) in [6, 6.07) is 11.8. The number of hydrazine groups is 1. The predicted molar refractivity (Wildman–Crippen MR) is 86.2 cm³/mol. The molecule has 0 saturated carbocycles. The first-order valence-corrected chi connectivity index (χ1v) is 7.78. The number of rotatable bonds is 7. The maximum Gasteiger partial charge on any atom is 0.191 e. The molecule has 112 valence electrons. The summed E-state index contributed by atoms with van der Waals surface area (Å²) in [5, 5.41) is 9.93. The van der Waals surface area contributed by atoms with E-state index in [0.717, 1.165) is 11.4 Å². The first-order valence-electron chi connectivity index (χ1n) is 6.56. The summed E-state index contributed by atoms with van der Waals surface area (Å²) in [4.78, 5) is 10.7. The number of nitrogens with zero attached hydrogens (tertiary/aromatic N) is 3. The van der Waals surface area contributed by atoms with Gasteiger partial charge in [0.15, 0.2) is 5.16 Å². The number of anilines is 2. The molecular formula is C14H19N5OS. The highest BCUT2D eigenvalue weighted by atomic mass is 32.2. The number of nitrogens with one attached hydrogen (secondary N) is 1. The number of thioether (sulfide) groups is 1. The van der Waals surface area contributed by atoms with Crippen LogP contribution in [-0.2, 0) is 6.54 Å². The van der Waals surface area contributed by atoms with E-state index in [-0.39, 0.29) is 6.61 Å². The summed E-state index contributed by atoms with van der Waals surface area (Å²) in [6.07, 6.45) is 1.91. The summed E-state index contributed by atoms with van der Waals surface area (Å²) in [6.45, 7) is 1.21. The first kappa shape index (κ1) is 15.6. The predicted octanol–water partition coefficient (Wildman–Crippen LogP) is 1.48. The van der Waals surface area contributed by atoms with E-state index in [4.69, 9.17) is 5.84 Å². The zero-order valence-corrected chi connectivity index (χ0v) is 12.7. The Morgan fingerprint density at radius 2 is 2.05 bits per heavy atom. The van der Waals surface area contributed by atoms with E-state index in [0.29, 0.717) is 24.1 Å². The SMILES string of the molecule is CSc1nc(NN)cc(N(CCO)Cc2ccccc2)n1. The van der Waals surface area contributed by atoms with Crippen molar-refractivity contribution in [2.24, 2.45) is 5.84 Å². The second-order valence-corrected chi connectivity index (χ2v) is 5.15. The van der Waals surface area contributed by atoms with Gasteiger partial charge in [-0.3, -0.25) is 0 Å². The molecule has 0 aliphatic carbocycles. The molecule has 1 aromatic carbocycles. The molecule has 0 radical (unpaired) electrons. The molecule has 0 saturated heterocycles. The lowest BCUT2D eigenvalue weighted by molar-refractivity contribution is 0.301. The smallest absolute Gasteiger partial charge is 0.191 e. The molecule has 0 amide bonds. The van der Waals surface area contributed by atoms with Crippen molar-refractivity contribution < 1.29 is 5.11 Å². The third-order valence-corrected chi connectivity index (χ3v) is 3.48. The Kier molecular flexibility index (Phi) is 5.79. The lowest BCUT2D eigenvalue weighted by Crippen LogP contribution is -2.27. The minimum absolute atomic E-state index is 0.0524. The van der Waals surface area contributed by atoms with E-state index in [9.17, 15) is 5.11 Å². The minimum Gasteiger partial charge on any atom is -0.395 e. The maximum absolute atomic E-state index is 9.30. The lowest BCUT2D eigenvalue weighted by atomic mass is 10.2. The fraction of sp³-hybridized carbons (Fsp3) is 0.286. The Labute approximate surface area is 128 Å². The van der Waals surface area contributed by atoms with Crippen LogP contribution in [0.5, 0.6) is 0 Å². The largest absolute Gasteiger partial charge is 0.395 e. The standard InChI is InChI=1S/C14H19N5OS/c1-21-14-16-12(18-15)9-13(17-14)19(7-8-20)10-11-5-3-2-4-6-11/h2-6,9,20H,7-8,10,15H2,1H3,(H,16,17,18). The van der Waals surface area contributed by atoms with Gasteiger partial charge in [-0.1, -0.05) is 42.1 Å². The van der Waals surface area contributed by atoms with E-state index >= 15 is 0 Å². The van der Waals surface area contributed by atoms with Crippen molar-refractivity contribution in [2.45, 2.75) is 11.7 Å². The number of aliphatic hydroxyl groups is 1. The Balaban J connectivity index is 2.28. The molecule has 1 heterocycles. The molecule has 4 N–H and O–H groups in total. The number of hydrogen-bond acceptors (Lipinski definition) is 7. The van der Waals surface area contributed by atoms with Gasteiger partial charge in [0.2, 0.25) is 0 Å². The fourth-order valence-corrected chi connectivity index (χ4v) is 2.31. The van der Waals surface area contributed by atoms with Gasteiger partial charge < -0.3 is 15.4 Å². The van der Waals surface area contributed by atoms with Crippen LogP contribution in [0.25, 0.3) is 0 Å². The second kappa shape index (κ2) is 7.82. The van der Waals surface area contributed by atoms with Gasteiger partial charge in [0.25, 0.3) is 0 Å². The molecule has 21 heavy (non-hydrogen) atoms. The first-order chi connectivity index (χ1) is 10.3. The van der Waals surface area contributed by atoms with Crippen LogP contribution < -0.4 is 16.2 Å². The molecule has 0 spiro atoms. The van der Waals surface area contributed by atoms with Crippen LogP contribution in [0.4, 0.5) is 11.6 Å². The van der Waals surface area contributed by atoms with Gasteiger partial charge in [-0.05, 0) is 11.8 Å². The Morgan fingerprint density at radius 1 is 1.29 bits per heavy atom. The number of hydrogen-bond donors (Lipinski definition) is 3. The molecule has 0 unspecified atom stereocenters. The van der Waals surface area contributed by atoms with Crippen LogP contribution in [0.3, 0.4) is 0 Å². The molecular weight excluding hydrogens is 286 g/mol. The van der Waals surface area contributed by atoms with Gasteiger partial charge >= 0.3 is 0 Å². The molecule has 0 atom stereocenters.